The first-order valence-corrected chi connectivity index (χ1v) is 10.1. The first-order valence-electron chi connectivity index (χ1n) is 9.24. The predicted octanol–water partition coefficient (Wildman–Crippen LogP) is 3.34. The summed E-state index contributed by atoms with van der Waals surface area (Å²) in [5.74, 6) is 0.998. The van der Waals surface area contributed by atoms with E-state index in [0.29, 0.717) is 12.8 Å². The van der Waals surface area contributed by atoms with Crippen LogP contribution < -0.4 is 5.32 Å². The van der Waals surface area contributed by atoms with Crippen molar-refractivity contribution in [2.75, 3.05) is 13.1 Å². The van der Waals surface area contributed by atoms with Crippen LogP contribution in [0.2, 0.25) is 0 Å². The molecule has 1 unspecified atom stereocenters. The summed E-state index contributed by atoms with van der Waals surface area (Å²) in [4.78, 5) is 24.0. The quantitative estimate of drug-likeness (QED) is 0.701. The fourth-order valence-corrected chi connectivity index (χ4v) is 4.34. The number of carbonyl (C=O) groups is 1. The molecule has 1 atom stereocenters. The van der Waals surface area contributed by atoms with E-state index in [0.717, 1.165) is 49.3 Å². The Morgan fingerprint density at radius 3 is 3.08 bits per heavy atom. The normalized spacial score (nSPS) is 18.2. The smallest absolute Gasteiger partial charge is 0.220 e. The van der Waals surface area contributed by atoms with Gasteiger partial charge in [-0.05, 0) is 43.0 Å². The van der Waals surface area contributed by atoms with Gasteiger partial charge in [0.05, 0.1) is 11.0 Å². The number of H-pyrrole nitrogens is 1. The molecular weight excluding hydrogens is 344 g/mol. The zero-order chi connectivity index (χ0) is 17.8. The monoisotopic (exact) mass is 368 g/mol. The third-order valence-corrected chi connectivity index (χ3v) is 5.72. The van der Waals surface area contributed by atoms with Gasteiger partial charge in [0.15, 0.2) is 0 Å². The number of likely N-dealkylation sites (tertiary alicyclic amines) is 1. The second-order valence-corrected chi connectivity index (χ2v) is 7.95. The Morgan fingerprint density at radius 1 is 1.31 bits per heavy atom. The molecule has 0 saturated carbocycles. The van der Waals surface area contributed by atoms with Crippen LogP contribution in [0.4, 0.5) is 0 Å². The van der Waals surface area contributed by atoms with Gasteiger partial charge in [-0.2, -0.15) is 0 Å². The van der Waals surface area contributed by atoms with Gasteiger partial charge in [-0.25, -0.2) is 4.98 Å². The Labute approximate surface area is 157 Å². The number of hydrogen-bond donors (Lipinski definition) is 2. The van der Waals surface area contributed by atoms with Crippen LogP contribution in [0.25, 0.3) is 11.0 Å². The number of thiophene rings is 1. The van der Waals surface area contributed by atoms with E-state index in [1.807, 2.05) is 24.3 Å². The minimum atomic E-state index is 0.119. The van der Waals surface area contributed by atoms with Gasteiger partial charge in [0.1, 0.15) is 5.82 Å². The number of fused-ring (bicyclic) bond motifs is 1. The van der Waals surface area contributed by atoms with E-state index < -0.39 is 0 Å². The summed E-state index contributed by atoms with van der Waals surface area (Å²) >= 11 is 1.80. The standard InChI is InChI=1S/C20H24N4OS/c25-20(10-9-19-22-17-7-1-2-8-18(17)23-19)21-15-5-3-11-24(13-15)14-16-6-4-12-26-16/h1-2,4,6-8,12,15H,3,5,9-11,13-14H2,(H,21,25)(H,22,23). The fraction of sp³-hybridized carbons (Fsp3) is 0.400. The second-order valence-electron chi connectivity index (χ2n) is 6.92. The number of nitrogens with one attached hydrogen (secondary N) is 2. The van der Waals surface area contributed by atoms with Crippen LogP contribution in [0.15, 0.2) is 41.8 Å². The van der Waals surface area contributed by atoms with Crippen molar-refractivity contribution in [3.05, 3.63) is 52.5 Å². The summed E-state index contributed by atoms with van der Waals surface area (Å²) in [5.41, 5.74) is 1.99. The van der Waals surface area contributed by atoms with E-state index in [2.05, 4.69) is 37.7 Å². The lowest BCUT2D eigenvalue weighted by atomic mass is 10.1. The van der Waals surface area contributed by atoms with Crippen molar-refractivity contribution in [2.24, 2.45) is 0 Å². The molecule has 6 heteroatoms. The van der Waals surface area contributed by atoms with Gasteiger partial charge in [0, 0.05) is 36.9 Å². The van der Waals surface area contributed by atoms with Crippen LogP contribution in [0.3, 0.4) is 0 Å². The summed E-state index contributed by atoms with van der Waals surface area (Å²) in [6.07, 6.45) is 3.32. The number of aromatic nitrogens is 2. The van der Waals surface area contributed by atoms with Crippen LogP contribution >= 0.6 is 11.3 Å². The van der Waals surface area contributed by atoms with E-state index >= 15 is 0 Å². The van der Waals surface area contributed by atoms with Gasteiger partial charge >= 0.3 is 0 Å². The Morgan fingerprint density at radius 2 is 2.23 bits per heavy atom. The van der Waals surface area contributed by atoms with Gasteiger partial charge in [-0.1, -0.05) is 18.2 Å². The van der Waals surface area contributed by atoms with Gasteiger partial charge in [0.2, 0.25) is 5.91 Å². The Kier molecular flexibility index (Phi) is 5.32. The molecule has 0 aliphatic carbocycles. The molecule has 1 aliphatic heterocycles. The van der Waals surface area contributed by atoms with E-state index in [-0.39, 0.29) is 11.9 Å². The second kappa shape index (κ2) is 8.01. The maximum absolute atomic E-state index is 12.4. The lowest BCUT2D eigenvalue weighted by Gasteiger charge is -2.32. The Bertz CT molecular complexity index is 825. The number of hydrogen-bond acceptors (Lipinski definition) is 4. The summed E-state index contributed by atoms with van der Waals surface area (Å²) in [7, 11) is 0. The molecule has 3 heterocycles. The minimum absolute atomic E-state index is 0.119. The molecule has 1 aliphatic rings. The SMILES string of the molecule is O=C(CCc1nc2ccccc2[nH]1)NC1CCCN(Cc2cccs2)C1. The molecule has 0 bridgehead atoms. The first-order chi connectivity index (χ1) is 12.8. The molecule has 136 valence electrons. The molecule has 3 aromatic rings. The third kappa shape index (κ3) is 4.31. The van der Waals surface area contributed by atoms with Crippen LogP contribution in [0.5, 0.6) is 0 Å². The highest BCUT2D eigenvalue weighted by Gasteiger charge is 2.21. The maximum Gasteiger partial charge on any atom is 0.220 e. The summed E-state index contributed by atoms with van der Waals surface area (Å²) in [5, 5.41) is 5.34. The fourth-order valence-electron chi connectivity index (χ4n) is 3.60. The van der Waals surface area contributed by atoms with E-state index in [4.69, 9.17) is 0 Å². The number of aromatic amines is 1. The lowest BCUT2D eigenvalue weighted by molar-refractivity contribution is -0.122. The largest absolute Gasteiger partial charge is 0.352 e. The average Bonchev–Trinajstić information content (AvgIpc) is 3.29. The van der Waals surface area contributed by atoms with Crippen LogP contribution in [-0.2, 0) is 17.8 Å². The highest BCUT2D eigenvalue weighted by Crippen LogP contribution is 2.17. The minimum Gasteiger partial charge on any atom is -0.352 e. The molecule has 5 nitrogen and oxygen atoms in total. The highest BCUT2D eigenvalue weighted by atomic mass is 32.1. The van der Waals surface area contributed by atoms with Crippen LogP contribution in [0, 0.1) is 0 Å². The topological polar surface area (TPSA) is 61.0 Å². The lowest BCUT2D eigenvalue weighted by Crippen LogP contribution is -2.47. The number of benzene rings is 1. The summed E-state index contributed by atoms with van der Waals surface area (Å²) < 4.78 is 0. The number of piperidine rings is 1. The number of nitrogens with zero attached hydrogens (tertiary/aromatic N) is 2. The first kappa shape index (κ1) is 17.2. The van der Waals surface area contributed by atoms with Crippen molar-refractivity contribution < 1.29 is 4.79 Å². The number of rotatable bonds is 6. The molecule has 1 amide bonds. The molecule has 1 aromatic carbocycles. The number of amides is 1. The predicted molar refractivity (Wildman–Crippen MR) is 105 cm³/mol. The van der Waals surface area contributed by atoms with Crippen molar-refractivity contribution in [2.45, 2.75) is 38.3 Å². The molecule has 1 saturated heterocycles. The highest BCUT2D eigenvalue weighted by molar-refractivity contribution is 7.09. The van der Waals surface area contributed by atoms with E-state index in [1.54, 1.807) is 11.3 Å². The zero-order valence-corrected chi connectivity index (χ0v) is 15.6. The van der Waals surface area contributed by atoms with Gasteiger partial charge < -0.3 is 10.3 Å². The van der Waals surface area contributed by atoms with Crippen molar-refractivity contribution >= 4 is 28.3 Å². The number of aryl methyl sites for hydroxylation is 1. The third-order valence-electron chi connectivity index (χ3n) is 4.86. The number of imidazole rings is 1. The number of carbonyl (C=O) groups excluding carboxylic acids is 1. The molecule has 26 heavy (non-hydrogen) atoms. The zero-order valence-electron chi connectivity index (χ0n) is 14.8. The molecule has 0 radical (unpaired) electrons. The molecule has 4 rings (SSSR count). The van der Waals surface area contributed by atoms with E-state index in [9.17, 15) is 4.79 Å². The van der Waals surface area contributed by atoms with Gasteiger partial charge in [0.25, 0.3) is 0 Å². The summed E-state index contributed by atoms with van der Waals surface area (Å²) in [6, 6.07) is 12.5. The molecular formula is C20H24N4OS. The van der Waals surface area contributed by atoms with Crippen molar-refractivity contribution in [3.8, 4) is 0 Å². The summed E-state index contributed by atoms with van der Waals surface area (Å²) in [6.45, 7) is 3.04. The van der Waals surface area contributed by atoms with Gasteiger partial charge in [-0.3, -0.25) is 9.69 Å². The number of para-hydroxylation sites is 2. The molecule has 2 N–H and O–H groups in total. The van der Waals surface area contributed by atoms with Crippen molar-refractivity contribution in [3.63, 3.8) is 0 Å². The molecule has 2 aromatic heterocycles. The van der Waals surface area contributed by atoms with Gasteiger partial charge in [-0.15, -0.1) is 11.3 Å². The van der Waals surface area contributed by atoms with Crippen LogP contribution in [0.1, 0.15) is 30.0 Å². The molecule has 0 spiro atoms. The Hall–Kier alpha value is -2.18. The molecule has 1 fully saturated rings. The van der Waals surface area contributed by atoms with Crippen molar-refractivity contribution in [1.82, 2.24) is 20.2 Å². The van der Waals surface area contributed by atoms with E-state index in [1.165, 1.54) is 4.88 Å². The van der Waals surface area contributed by atoms with Crippen LogP contribution in [-0.4, -0.2) is 39.9 Å². The maximum atomic E-state index is 12.4. The average molecular weight is 369 g/mol. The van der Waals surface area contributed by atoms with Crippen molar-refractivity contribution in [1.29, 1.82) is 0 Å². The Balaban J connectivity index is 1.26.